The van der Waals surface area contributed by atoms with Crippen LogP contribution < -0.4 is 26.3 Å². The lowest BCUT2D eigenvalue weighted by atomic mass is 10.0. The third-order valence-corrected chi connectivity index (χ3v) is 11.6. The van der Waals surface area contributed by atoms with Crippen molar-refractivity contribution in [1.29, 1.82) is 0 Å². The quantitative estimate of drug-likeness (QED) is 0.216. The predicted octanol–water partition coefficient (Wildman–Crippen LogP) is 6.42. The fourth-order valence-electron chi connectivity index (χ4n) is 5.40. The first kappa shape index (κ1) is 24.9. The lowest BCUT2D eigenvalue weighted by Gasteiger charge is -2.35. The molecule has 5 aromatic rings. The molecule has 37 heavy (non-hydrogen) atoms. The zero-order chi connectivity index (χ0) is 25.7. The molecule has 0 aliphatic heterocycles. The van der Waals surface area contributed by atoms with E-state index in [9.17, 15) is 4.79 Å². The van der Waals surface area contributed by atoms with E-state index in [1.807, 2.05) is 19.1 Å². The second-order valence-electron chi connectivity index (χ2n) is 8.98. The van der Waals surface area contributed by atoms with Crippen LogP contribution in [0.25, 0.3) is 10.9 Å². The van der Waals surface area contributed by atoms with Gasteiger partial charge in [0.1, 0.15) is 28.8 Å². The van der Waals surface area contributed by atoms with Crippen molar-refractivity contribution < 1.29 is 9.15 Å². The van der Waals surface area contributed by atoms with Crippen molar-refractivity contribution in [2.75, 3.05) is 6.61 Å². The first-order chi connectivity index (χ1) is 18.2. The molecule has 0 radical (unpaired) electrons. The Labute approximate surface area is 218 Å². The first-order valence-corrected chi connectivity index (χ1v) is 14.7. The lowest BCUT2D eigenvalue weighted by Crippen LogP contribution is -2.35. The van der Waals surface area contributed by atoms with Crippen molar-refractivity contribution >= 4 is 34.1 Å². The molecule has 1 aromatic heterocycles. The summed E-state index contributed by atoms with van der Waals surface area (Å²) in [6, 6.07) is 38.3. The third kappa shape index (κ3) is 4.58. The van der Waals surface area contributed by atoms with E-state index in [2.05, 4.69) is 109 Å². The highest BCUT2D eigenvalue weighted by Gasteiger charge is 2.53. The van der Waals surface area contributed by atoms with Gasteiger partial charge in [-0.2, -0.15) is 4.98 Å². The summed E-state index contributed by atoms with van der Waals surface area (Å²) < 4.78 is 11.0. The van der Waals surface area contributed by atoms with E-state index in [4.69, 9.17) is 9.15 Å². The summed E-state index contributed by atoms with van der Waals surface area (Å²) in [6.07, 6.45) is 1.88. The maximum absolute atomic E-state index is 13.5. The molecule has 0 aliphatic carbocycles. The number of ether oxygens (including phenoxy) is 1. The summed E-state index contributed by atoms with van der Waals surface area (Å²) in [5, 5.41) is 4.39. The Hall–Kier alpha value is -3.75. The lowest BCUT2D eigenvalue weighted by molar-refractivity contribution is 0.229. The fourth-order valence-corrected chi connectivity index (χ4v) is 10.6. The molecule has 186 valence electrons. The minimum absolute atomic E-state index is 0.0134. The van der Waals surface area contributed by atoms with Crippen LogP contribution in [0, 0.1) is 0 Å². The van der Waals surface area contributed by atoms with E-state index in [-0.39, 0.29) is 11.7 Å². The molecular weight excluding hydrogens is 477 g/mol. The summed E-state index contributed by atoms with van der Waals surface area (Å²) in [6.45, 7) is 4.43. The molecule has 4 nitrogen and oxygen atoms in total. The number of hydrogen-bond acceptors (Lipinski definition) is 4. The fraction of sp³-hybridized carbons (Fsp3) is 0.188. The number of hydrogen-bond donors (Lipinski definition) is 0. The zero-order valence-electron chi connectivity index (χ0n) is 21.2. The van der Waals surface area contributed by atoms with Gasteiger partial charge in [0, 0.05) is 5.56 Å². The minimum atomic E-state index is -2.29. The van der Waals surface area contributed by atoms with Gasteiger partial charge in [0.2, 0.25) is 0 Å². The number of fused-ring (bicyclic) bond motifs is 1. The van der Waals surface area contributed by atoms with Crippen LogP contribution in [0.1, 0.15) is 37.9 Å². The van der Waals surface area contributed by atoms with Gasteiger partial charge < -0.3 is 9.15 Å². The molecule has 1 unspecified atom stereocenters. The van der Waals surface area contributed by atoms with Crippen molar-refractivity contribution in [3.05, 3.63) is 125 Å². The average Bonchev–Trinajstić information content (AvgIpc) is 2.94. The maximum atomic E-state index is 13.5. The third-order valence-electron chi connectivity index (χ3n) is 6.82. The Morgan fingerprint density at radius 3 is 1.78 bits per heavy atom. The number of nitrogens with zero attached hydrogens (tertiary/aromatic N) is 1. The average molecular weight is 509 g/mol. The van der Waals surface area contributed by atoms with Crippen molar-refractivity contribution in [3.63, 3.8) is 0 Å². The predicted molar refractivity (Wildman–Crippen MR) is 154 cm³/mol. The number of rotatable bonds is 9. The smallest absolute Gasteiger partial charge is 0.397 e. The van der Waals surface area contributed by atoms with Crippen molar-refractivity contribution in [2.24, 2.45) is 0 Å². The molecule has 1 heterocycles. The molecule has 0 bridgehead atoms. The van der Waals surface area contributed by atoms with Crippen LogP contribution in [0.5, 0.6) is 6.08 Å². The van der Waals surface area contributed by atoms with Gasteiger partial charge in [-0.05, 0) is 55.8 Å². The highest BCUT2D eigenvalue weighted by molar-refractivity contribution is 7.96. The van der Waals surface area contributed by atoms with Crippen LogP contribution >= 0.6 is 7.26 Å². The first-order valence-electron chi connectivity index (χ1n) is 12.8. The van der Waals surface area contributed by atoms with E-state index in [1.165, 1.54) is 15.9 Å². The van der Waals surface area contributed by atoms with Gasteiger partial charge in [-0.15, -0.1) is 0 Å². The van der Waals surface area contributed by atoms with Gasteiger partial charge in [0.15, 0.2) is 0 Å². The van der Waals surface area contributed by atoms with Crippen molar-refractivity contribution in [2.45, 2.75) is 32.3 Å². The molecule has 0 saturated carbocycles. The molecule has 0 aliphatic rings. The van der Waals surface area contributed by atoms with E-state index in [0.717, 1.165) is 18.4 Å². The van der Waals surface area contributed by atoms with E-state index in [1.54, 1.807) is 0 Å². The van der Waals surface area contributed by atoms with Crippen LogP contribution in [0.15, 0.2) is 118 Å². The Morgan fingerprint density at radius 2 is 1.30 bits per heavy atom. The molecule has 4 aromatic carbocycles. The zero-order valence-corrected chi connectivity index (χ0v) is 22.1. The van der Waals surface area contributed by atoms with Crippen LogP contribution in [0.4, 0.5) is 0 Å². The van der Waals surface area contributed by atoms with Crippen molar-refractivity contribution in [3.8, 4) is 6.08 Å². The van der Waals surface area contributed by atoms with Gasteiger partial charge in [-0.1, -0.05) is 80.1 Å². The van der Waals surface area contributed by atoms with E-state index in [0.29, 0.717) is 17.5 Å². The molecular formula is C32H31NO3P+. The molecule has 0 fully saturated rings. The van der Waals surface area contributed by atoms with Gasteiger partial charge in [-0.25, -0.2) is 4.79 Å². The molecule has 0 N–H and O–H groups in total. The normalized spacial score (nSPS) is 12.4. The Balaban J connectivity index is 1.90. The van der Waals surface area contributed by atoms with E-state index >= 15 is 0 Å². The molecule has 0 saturated heterocycles. The monoisotopic (exact) mass is 508 g/mol. The molecule has 1 atom stereocenters. The molecule has 0 spiro atoms. The standard InChI is InChI=1S/C32H31NO3P/c1-3-15-29(27-22-14-23-28-30(27)31(34)36-32(33-28)35-4-2)37(24-16-8-5-9-17-24,25-18-10-6-11-19-25)26-20-12-7-13-21-26/h5-14,16-23,29H,3-4,15H2,1-2H3/q+1. The largest absolute Gasteiger partial charge is 0.450 e. The number of benzene rings is 4. The van der Waals surface area contributed by atoms with Gasteiger partial charge in [0.25, 0.3) is 0 Å². The summed E-state index contributed by atoms with van der Waals surface area (Å²) in [5.74, 6) is 0. The maximum Gasteiger partial charge on any atom is 0.397 e. The van der Waals surface area contributed by atoms with Crippen LogP contribution in [-0.4, -0.2) is 11.6 Å². The highest BCUT2D eigenvalue weighted by Crippen LogP contribution is 2.68. The van der Waals surface area contributed by atoms with E-state index < -0.39 is 12.9 Å². The van der Waals surface area contributed by atoms with Gasteiger partial charge in [0.05, 0.1) is 17.5 Å². The topological polar surface area (TPSA) is 52.3 Å². The molecule has 5 rings (SSSR count). The summed E-state index contributed by atoms with van der Waals surface area (Å²) in [5.41, 5.74) is 1.22. The number of aromatic nitrogens is 1. The highest BCUT2D eigenvalue weighted by atomic mass is 31.2. The Bertz CT molecular complexity index is 1420. The van der Waals surface area contributed by atoms with Crippen LogP contribution in [0.3, 0.4) is 0 Å². The second-order valence-corrected chi connectivity index (χ2v) is 12.6. The molecule has 0 amide bonds. The Morgan fingerprint density at radius 1 is 0.757 bits per heavy atom. The summed E-state index contributed by atoms with van der Waals surface area (Å²) in [4.78, 5) is 18.0. The van der Waals surface area contributed by atoms with Gasteiger partial charge >= 0.3 is 11.7 Å². The van der Waals surface area contributed by atoms with Crippen molar-refractivity contribution in [1.82, 2.24) is 4.98 Å². The molecule has 5 heteroatoms. The van der Waals surface area contributed by atoms with Crippen LogP contribution in [0.2, 0.25) is 0 Å². The minimum Gasteiger partial charge on any atom is -0.450 e. The summed E-state index contributed by atoms with van der Waals surface area (Å²) in [7, 11) is -2.29. The SMILES string of the molecule is CCCC(c1cccc2nc(OCC)oc(=O)c12)[P+](c1ccccc1)(c1ccccc1)c1ccccc1. The Kier molecular flexibility index (Phi) is 7.48. The van der Waals surface area contributed by atoms with Gasteiger partial charge in [-0.3, -0.25) is 0 Å². The second kappa shape index (κ2) is 11.1. The summed E-state index contributed by atoms with van der Waals surface area (Å²) >= 11 is 0. The van der Waals surface area contributed by atoms with Crippen LogP contribution in [-0.2, 0) is 0 Å².